The van der Waals surface area contributed by atoms with Gasteiger partial charge in [0.1, 0.15) is 0 Å². The standard InChI is InChI=1S/C17H16N2O3S/c20-17-6-2-11-7-15(4-5-16(11)17)19-18-14-3-1-12-9-23(21,22)10-13(12)8-14/h1,3-5,7-8,18-19H,2,6,9-10H2. The normalized spacial score (nSPS) is 17.7. The summed E-state index contributed by atoms with van der Waals surface area (Å²) in [6.45, 7) is 0. The van der Waals surface area contributed by atoms with E-state index in [2.05, 4.69) is 10.9 Å². The van der Waals surface area contributed by atoms with Crippen LogP contribution >= 0.6 is 0 Å². The molecule has 0 bridgehead atoms. The van der Waals surface area contributed by atoms with E-state index >= 15 is 0 Å². The van der Waals surface area contributed by atoms with Gasteiger partial charge >= 0.3 is 0 Å². The predicted octanol–water partition coefficient (Wildman–Crippen LogP) is 2.68. The van der Waals surface area contributed by atoms with E-state index in [0.717, 1.165) is 40.0 Å². The molecule has 0 spiro atoms. The lowest BCUT2D eigenvalue weighted by Gasteiger charge is -2.12. The van der Waals surface area contributed by atoms with Crippen molar-refractivity contribution in [2.24, 2.45) is 0 Å². The second-order valence-electron chi connectivity index (χ2n) is 6.06. The number of hydrogen-bond donors (Lipinski definition) is 2. The number of carbonyl (C=O) groups excluding carboxylic acids is 1. The maximum Gasteiger partial charge on any atom is 0.163 e. The van der Waals surface area contributed by atoms with Crippen molar-refractivity contribution in [2.75, 3.05) is 10.9 Å². The van der Waals surface area contributed by atoms with Crippen LogP contribution in [0, 0.1) is 0 Å². The van der Waals surface area contributed by atoms with E-state index in [1.165, 1.54) is 0 Å². The Morgan fingerprint density at radius 1 is 0.783 bits per heavy atom. The van der Waals surface area contributed by atoms with E-state index in [1.54, 1.807) is 0 Å². The predicted molar refractivity (Wildman–Crippen MR) is 89.1 cm³/mol. The zero-order valence-corrected chi connectivity index (χ0v) is 13.2. The largest absolute Gasteiger partial charge is 0.301 e. The molecule has 2 N–H and O–H groups in total. The van der Waals surface area contributed by atoms with E-state index < -0.39 is 9.84 Å². The first-order valence-electron chi connectivity index (χ1n) is 7.51. The molecule has 0 saturated heterocycles. The highest BCUT2D eigenvalue weighted by Crippen LogP contribution is 2.28. The number of hydrogen-bond acceptors (Lipinski definition) is 5. The number of benzene rings is 2. The third kappa shape index (κ3) is 2.70. The van der Waals surface area contributed by atoms with Crippen LogP contribution in [0.1, 0.15) is 33.5 Å². The van der Waals surface area contributed by atoms with Gasteiger partial charge < -0.3 is 10.9 Å². The molecule has 2 aromatic carbocycles. The minimum absolute atomic E-state index is 0.110. The van der Waals surface area contributed by atoms with Crippen molar-refractivity contribution in [3.05, 3.63) is 58.7 Å². The zero-order chi connectivity index (χ0) is 16.0. The molecule has 23 heavy (non-hydrogen) atoms. The minimum atomic E-state index is -2.98. The van der Waals surface area contributed by atoms with Crippen molar-refractivity contribution < 1.29 is 13.2 Å². The maximum absolute atomic E-state index is 11.6. The smallest absolute Gasteiger partial charge is 0.163 e. The summed E-state index contributed by atoms with van der Waals surface area (Å²) < 4.78 is 23.3. The fourth-order valence-electron chi connectivity index (χ4n) is 3.18. The summed E-state index contributed by atoms with van der Waals surface area (Å²) in [4.78, 5) is 11.6. The molecule has 2 aromatic rings. The minimum Gasteiger partial charge on any atom is -0.301 e. The third-order valence-electron chi connectivity index (χ3n) is 4.34. The Balaban J connectivity index is 1.49. The quantitative estimate of drug-likeness (QED) is 0.847. The van der Waals surface area contributed by atoms with Crippen molar-refractivity contribution in [1.29, 1.82) is 0 Å². The van der Waals surface area contributed by atoms with E-state index in [1.807, 2.05) is 36.4 Å². The zero-order valence-electron chi connectivity index (χ0n) is 12.4. The van der Waals surface area contributed by atoms with Gasteiger partial charge in [-0.1, -0.05) is 6.07 Å². The van der Waals surface area contributed by atoms with Crippen LogP contribution in [-0.2, 0) is 27.8 Å². The number of fused-ring (bicyclic) bond motifs is 2. The van der Waals surface area contributed by atoms with Gasteiger partial charge in [-0.2, -0.15) is 0 Å². The fraction of sp³-hybridized carbons (Fsp3) is 0.235. The molecule has 0 saturated carbocycles. The van der Waals surface area contributed by atoms with Crippen LogP contribution < -0.4 is 10.9 Å². The van der Waals surface area contributed by atoms with Crippen molar-refractivity contribution in [3.8, 4) is 0 Å². The van der Waals surface area contributed by atoms with Crippen LogP contribution in [0.3, 0.4) is 0 Å². The Kier molecular flexibility index (Phi) is 3.16. The number of nitrogens with one attached hydrogen (secondary N) is 2. The molecule has 118 valence electrons. The number of hydrazine groups is 1. The fourth-order valence-corrected chi connectivity index (χ4v) is 4.78. The van der Waals surface area contributed by atoms with Gasteiger partial charge in [-0.15, -0.1) is 0 Å². The van der Waals surface area contributed by atoms with Gasteiger partial charge in [0.2, 0.25) is 0 Å². The number of carbonyl (C=O) groups is 1. The number of Topliss-reactive ketones (excluding diaryl/α,β-unsaturated/α-hetero) is 1. The van der Waals surface area contributed by atoms with Gasteiger partial charge in [0.05, 0.1) is 22.9 Å². The summed E-state index contributed by atoms with van der Waals surface area (Å²) in [7, 11) is -2.98. The molecule has 5 nitrogen and oxygen atoms in total. The van der Waals surface area contributed by atoms with Gasteiger partial charge in [0.25, 0.3) is 0 Å². The Morgan fingerprint density at radius 3 is 2.22 bits per heavy atom. The van der Waals surface area contributed by atoms with Crippen LogP contribution in [0.2, 0.25) is 0 Å². The second-order valence-corrected chi connectivity index (χ2v) is 8.13. The summed E-state index contributed by atoms with van der Waals surface area (Å²) in [5.41, 5.74) is 11.5. The van der Waals surface area contributed by atoms with Crippen LogP contribution in [0.25, 0.3) is 0 Å². The number of aryl methyl sites for hydroxylation is 1. The molecule has 0 fully saturated rings. The molecule has 1 aliphatic carbocycles. The van der Waals surface area contributed by atoms with Crippen molar-refractivity contribution in [1.82, 2.24) is 0 Å². The molecule has 0 unspecified atom stereocenters. The molecule has 1 heterocycles. The van der Waals surface area contributed by atoms with Gasteiger partial charge in [-0.05, 0) is 53.4 Å². The summed E-state index contributed by atoms with van der Waals surface area (Å²) in [6, 6.07) is 11.3. The van der Waals surface area contributed by atoms with E-state index in [0.29, 0.717) is 6.42 Å². The highest BCUT2D eigenvalue weighted by atomic mass is 32.2. The molecule has 6 heteroatoms. The van der Waals surface area contributed by atoms with Gasteiger partial charge in [-0.25, -0.2) is 8.42 Å². The summed E-state index contributed by atoms with van der Waals surface area (Å²) in [5.74, 6) is 0.451. The first-order chi connectivity index (χ1) is 11.0. The maximum atomic E-state index is 11.6. The lowest BCUT2D eigenvalue weighted by atomic mass is 10.1. The lowest BCUT2D eigenvalue weighted by molar-refractivity contribution is 0.0994. The van der Waals surface area contributed by atoms with Gasteiger partial charge in [0.15, 0.2) is 15.6 Å². The molecule has 2 aliphatic rings. The summed E-state index contributed by atoms with van der Waals surface area (Å²) in [5, 5.41) is 0. The number of rotatable bonds is 3. The Bertz CT molecular complexity index is 919. The highest BCUT2D eigenvalue weighted by Gasteiger charge is 2.24. The molecule has 0 aromatic heterocycles. The van der Waals surface area contributed by atoms with Gasteiger partial charge in [-0.3, -0.25) is 4.79 Å². The van der Waals surface area contributed by atoms with Crippen LogP contribution in [0.5, 0.6) is 0 Å². The Morgan fingerprint density at radius 2 is 1.43 bits per heavy atom. The molecular formula is C17H16N2O3S. The highest BCUT2D eigenvalue weighted by molar-refractivity contribution is 7.90. The van der Waals surface area contributed by atoms with Gasteiger partial charge in [0, 0.05) is 12.0 Å². The Labute approximate surface area is 134 Å². The molecule has 0 radical (unpaired) electrons. The van der Waals surface area contributed by atoms with E-state index in [-0.39, 0.29) is 17.3 Å². The summed E-state index contributed by atoms with van der Waals surface area (Å²) >= 11 is 0. The Hall–Kier alpha value is -2.34. The van der Waals surface area contributed by atoms with Crippen LogP contribution in [0.15, 0.2) is 36.4 Å². The first kappa shape index (κ1) is 14.3. The van der Waals surface area contributed by atoms with Crippen LogP contribution in [0.4, 0.5) is 11.4 Å². The molecule has 0 atom stereocenters. The molecule has 4 rings (SSSR count). The molecule has 1 aliphatic heterocycles. The molecule has 0 amide bonds. The average Bonchev–Trinajstić information content (AvgIpc) is 3.03. The van der Waals surface area contributed by atoms with Crippen LogP contribution in [-0.4, -0.2) is 14.2 Å². The van der Waals surface area contributed by atoms with Crippen molar-refractivity contribution >= 4 is 27.0 Å². The van der Waals surface area contributed by atoms with Crippen molar-refractivity contribution in [3.63, 3.8) is 0 Å². The van der Waals surface area contributed by atoms with E-state index in [9.17, 15) is 13.2 Å². The number of sulfone groups is 1. The first-order valence-corrected chi connectivity index (χ1v) is 9.33. The van der Waals surface area contributed by atoms with Crippen molar-refractivity contribution in [2.45, 2.75) is 24.3 Å². The van der Waals surface area contributed by atoms with E-state index in [4.69, 9.17) is 0 Å². The average molecular weight is 328 g/mol. The topological polar surface area (TPSA) is 75.3 Å². The number of ketones is 1. The second kappa shape index (κ2) is 5.09. The summed E-state index contributed by atoms with van der Waals surface area (Å²) in [6.07, 6.45) is 1.38. The monoisotopic (exact) mass is 328 g/mol. The lowest BCUT2D eigenvalue weighted by Crippen LogP contribution is -2.09. The SMILES string of the molecule is O=C1CCc2cc(NNc3ccc4c(c3)CS(=O)(=O)C4)ccc21. The molecular weight excluding hydrogens is 312 g/mol. The third-order valence-corrected chi connectivity index (χ3v) is 5.84. The number of anilines is 2.